The van der Waals surface area contributed by atoms with E-state index in [1.54, 1.807) is 0 Å². The van der Waals surface area contributed by atoms with Gasteiger partial charge in [0.15, 0.2) is 0 Å². The van der Waals surface area contributed by atoms with E-state index in [0.717, 1.165) is 5.56 Å². The summed E-state index contributed by atoms with van der Waals surface area (Å²) in [7, 11) is -0.275. The van der Waals surface area contributed by atoms with Crippen molar-refractivity contribution < 1.29 is 9.68 Å². The Morgan fingerprint density at radius 1 is 1.50 bits per heavy atom. The molecule has 62 valence electrons. The molecular formula is C9H11BO2. The van der Waals surface area contributed by atoms with Gasteiger partial charge in [-0.2, -0.15) is 0 Å². The summed E-state index contributed by atoms with van der Waals surface area (Å²) in [6.07, 6.45) is 3.29. The molecule has 0 amide bonds. The summed E-state index contributed by atoms with van der Waals surface area (Å²) < 4.78 is 4.65. The average Bonchev–Trinajstić information content (AvgIpc) is 2.05. The molecular weight excluding hydrogens is 151 g/mol. The van der Waals surface area contributed by atoms with Crippen molar-refractivity contribution in [2.24, 2.45) is 0 Å². The molecule has 0 aromatic heterocycles. The second-order valence-corrected chi connectivity index (χ2v) is 2.51. The van der Waals surface area contributed by atoms with Crippen LogP contribution in [-0.2, 0) is 4.65 Å². The van der Waals surface area contributed by atoms with Gasteiger partial charge in [-0.15, -0.1) is 0 Å². The molecule has 0 bridgehead atoms. The van der Waals surface area contributed by atoms with E-state index in [0.29, 0.717) is 0 Å². The molecule has 1 N–H and O–H groups in total. The molecule has 12 heavy (non-hydrogen) atoms. The van der Waals surface area contributed by atoms with Crippen LogP contribution >= 0.6 is 0 Å². The van der Waals surface area contributed by atoms with Gasteiger partial charge in [-0.25, -0.2) is 0 Å². The molecule has 3 heteroatoms. The van der Waals surface area contributed by atoms with E-state index in [-0.39, 0.29) is 7.69 Å². The summed E-state index contributed by atoms with van der Waals surface area (Å²) in [6, 6.07) is 8.03. The van der Waals surface area contributed by atoms with Crippen LogP contribution in [0.2, 0.25) is 0 Å². The Morgan fingerprint density at radius 3 is 3.00 bits per heavy atom. The van der Waals surface area contributed by atoms with E-state index in [1.807, 2.05) is 37.3 Å². The number of hydrogen-bond acceptors (Lipinski definition) is 2. The minimum Gasteiger partial charge on any atom is -0.545 e. The molecule has 0 saturated heterocycles. The first-order chi connectivity index (χ1) is 5.83. The summed E-state index contributed by atoms with van der Waals surface area (Å²) in [5, 5.41) is 8.33. The second-order valence-electron chi connectivity index (χ2n) is 2.51. The smallest absolute Gasteiger partial charge is 0.503 e. The highest BCUT2D eigenvalue weighted by atomic mass is 16.5. The Hall–Kier alpha value is -1.22. The van der Waals surface area contributed by atoms with Gasteiger partial charge in [0.05, 0.1) is 6.26 Å². The standard InChI is InChI=1S/C9H11BO2/c1-8-3-2-4-9(7-8)5-6-12-10-11/h2-7,10-11H,1H3/b6-5+. The molecule has 2 nitrogen and oxygen atoms in total. The topological polar surface area (TPSA) is 29.5 Å². The maximum absolute atomic E-state index is 8.33. The van der Waals surface area contributed by atoms with Crippen molar-refractivity contribution in [1.82, 2.24) is 0 Å². The van der Waals surface area contributed by atoms with Crippen molar-refractivity contribution in [3.63, 3.8) is 0 Å². The van der Waals surface area contributed by atoms with E-state index in [9.17, 15) is 0 Å². The minimum absolute atomic E-state index is 0.275. The third kappa shape index (κ3) is 2.80. The van der Waals surface area contributed by atoms with Gasteiger partial charge in [0.25, 0.3) is 0 Å². The minimum atomic E-state index is -0.275. The molecule has 0 radical (unpaired) electrons. The molecule has 0 atom stereocenters. The van der Waals surface area contributed by atoms with Crippen LogP contribution in [0, 0.1) is 6.92 Å². The lowest BCUT2D eigenvalue weighted by atomic mass is 10.1. The molecule has 0 heterocycles. The number of rotatable bonds is 3. The lowest BCUT2D eigenvalue weighted by molar-refractivity contribution is 0.408. The first-order valence-corrected chi connectivity index (χ1v) is 3.78. The van der Waals surface area contributed by atoms with Gasteiger partial charge in [0.1, 0.15) is 0 Å². The van der Waals surface area contributed by atoms with Crippen LogP contribution in [-0.4, -0.2) is 12.7 Å². The number of benzene rings is 1. The molecule has 0 unspecified atom stereocenters. The lowest BCUT2D eigenvalue weighted by Gasteiger charge is -1.95. The molecule has 0 aliphatic heterocycles. The zero-order valence-electron chi connectivity index (χ0n) is 7.03. The summed E-state index contributed by atoms with van der Waals surface area (Å²) in [6.45, 7) is 2.03. The van der Waals surface area contributed by atoms with Crippen LogP contribution in [0.4, 0.5) is 0 Å². The highest BCUT2D eigenvalue weighted by Crippen LogP contribution is 2.05. The molecule has 0 saturated carbocycles. The van der Waals surface area contributed by atoms with Crippen molar-refractivity contribution in [2.45, 2.75) is 6.92 Å². The molecule has 0 aliphatic rings. The predicted molar refractivity (Wildman–Crippen MR) is 50.7 cm³/mol. The predicted octanol–water partition coefficient (Wildman–Crippen LogP) is 1.24. The Morgan fingerprint density at radius 2 is 2.33 bits per heavy atom. The van der Waals surface area contributed by atoms with Crippen LogP contribution in [0.15, 0.2) is 30.5 Å². The van der Waals surface area contributed by atoms with Gasteiger partial charge in [0.2, 0.25) is 0 Å². The molecule has 1 aromatic rings. The summed E-state index contributed by atoms with van der Waals surface area (Å²) in [4.78, 5) is 0. The molecule has 0 spiro atoms. The fourth-order valence-corrected chi connectivity index (χ4v) is 0.944. The van der Waals surface area contributed by atoms with Crippen LogP contribution in [0.1, 0.15) is 11.1 Å². The molecule has 0 fully saturated rings. The highest BCUT2D eigenvalue weighted by molar-refractivity contribution is 6.16. The van der Waals surface area contributed by atoms with Gasteiger partial charge in [0, 0.05) is 0 Å². The van der Waals surface area contributed by atoms with E-state index in [1.165, 1.54) is 11.8 Å². The third-order valence-electron chi connectivity index (χ3n) is 1.47. The highest BCUT2D eigenvalue weighted by Gasteiger charge is 1.86. The SMILES string of the molecule is Cc1cccc(/C=C/OBO)c1. The quantitative estimate of drug-likeness (QED) is 0.535. The van der Waals surface area contributed by atoms with E-state index in [2.05, 4.69) is 4.65 Å². The first-order valence-electron chi connectivity index (χ1n) is 3.78. The number of hydrogen-bond donors (Lipinski definition) is 1. The van der Waals surface area contributed by atoms with E-state index < -0.39 is 0 Å². The normalized spacial score (nSPS) is 10.2. The fourth-order valence-electron chi connectivity index (χ4n) is 0.944. The lowest BCUT2D eigenvalue weighted by Crippen LogP contribution is -1.87. The summed E-state index contributed by atoms with van der Waals surface area (Å²) >= 11 is 0. The Bertz CT molecular complexity index is 271. The van der Waals surface area contributed by atoms with Crippen LogP contribution in [0.25, 0.3) is 6.08 Å². The van der Waals surface area contributed by atoms with E-state index >= 15 is 0 Å². The molecule has 0 aliphatic carbocycles. The Kier molecular flexibility index (Phi) is 3.42. The largest absolute Gasteiger partial charge is 0.545 e. The zero-order valence-corrected chi connectivity index (χ0v) is 7.03. The van der Waals surface area contributed by atoms with Gasteiger partial charge < -0.3 is 9.68 Å². The molecule has 1 aromatic carbocycles. The van der Waals surface area contributed by atoms with Crippen LogP contribution < -0.4 is 0 Å². The van der Waals surface area contributed by atoms with Gasteiger partial charge >= 0.3 is 7.69 Å². The van der Waals surface area contributed by atoms with Crippen LogP contribution in [0.3, 0.4) is 0 Å². The second kappa shape index (κ2) is 4.62. The van der Waals surface area contributed by atoms with Gasteiger partial charge in [-0.1, -0.05) is 29.8 Å². The molecule has 1 rings (SSSR count). The Labute approximate surface area is 72.8 Å². The summed E-state index contributed by atoms with van der Waals surface area (Å²) in [5.74, 6) is 0. The monoisotopic (exact) mass is 162 g/mol. The van der Waals surface area contributed by atoms with Gasteiger partial charge in [-0.05, 0) is 18.6 Å². The van der Waals surface area contributed by atoms with Crippen molar-refractivity contribution in [3.05, 3.63) is 41.7 Å². The van der Waals surface area contributed by atoms with E-state index in [4.69, 9.17) is 5.02 Å². The van der Waals surface area contributed by atoms with Crippen molar-refractivity contribution >= 4 is 13.8 Å². The fraction of sp³-hybridized carbons (Fsp3) is 0.111. The first kappa shape index (κ1) is 8.88. The number of aryl methyl sites for hydroxylation is 1. The third-order valence-corrected chi connectivity index (χ3v) is 1.47. The maximum Gasteiger partial charge on any atom is 0.503 e. The van der Waals surface area contributed by atoms with Crippen molar-refractivity contribution in [3.8, 4) is 0 Å². The van der Waals surface area contributed by atoms with Crippen molar-refractivity contribution in [1.29, 1.82) is 0 Å². The zero-order chi connectivity index (χ0) is 8.81. The Balaban J connectivity index is 2.63. The average molecular weight is 162 g/mol. The van der Waals surface area contributed by atoms with Crippen molar-refractivity contribution in [2.75, 3.05) is 0 Å². The maximum atomic E-state index is 8.33. The summed E-state index contributed by atoms with van der Waals surface area (Å²) in [5.41, 5.74) is 2.28. The van der Waals surface area contributed by atoms with Crippen LogP contribution in [0.5, 0.6) is 0 Å². The van der Waals surface area contributed by atoms with Gasteiger partial charge in [-0.3, -0.25) is 0 Å².